The van der Waals surface area contributed by atoms with E-state index >= 15 is 0 Å². The highest BCUT2D eigenvalue weighted by atomic mass is 79.9. The van der Waals surface area contributed by atoms with E-state index < -0.39 is 0 Å². The van der Waals surface area contributed by atoms with Crippen molar-refractivity contribution in [2.75, 3.05) is 0 Å². The second-order valence-electron chi connectivity index (χ2n) is 5.83. The molecule has 0 fully saturated rings. The van der Waals surface area contributed by atoms with E-state index in [1.54, 1.807) is 12.4 Å². The Kier molecular flexibility index (Phi) is 5.31. The molecule has 0 unspecified atom stereocenters. The summed E-state index contributed by atoms with van der Waals surface area (Å²) in [6.45, 7) is 7.49. The van der Waals surface area contributed by atoms with Gasteiger partial charge in [-0.1, -0.05) is 34.1 Å². The molecule has 112 valence electrons. The number of ether oxygens (including phenoxy) is 1. The van der Waals surface area contributed by atoms with Gasteiger partial charge in [0.15, 0.2) is 0 Å². The molecule has 0 radical (unpaired) electrons. The molecule has 0 saturated heterocycles. The van der Waals surface area contributed by atoms with Gasteiger partial charge < -0.3 is 10.1 Å². The van der Waals surface area contributed by atoms with Gasteiger partial charge in [0.1, 0.15) is 6.61 Å². The minimum absolute atomic E-state index is 0.0491. The lowest BCUT2D eigenvalue weighted by atomic mass is 10.1. The molecule has 0 saturated carbocycles. The molecule has 0 aliphatic heterocycles. The molecule has 0 atom stereocenters. The van der Waals surface area contributed by atoms with Gasteiger partial charge in [0.2, 0.25) is 5.88 Å². The fourth-order valence-corrected chi connectivity index (χ4v) is 2.06. The smallest absolute Gasteiger partial charge is 0.232 e. The molecule has 1 N–H and O–H groups in total. The normalized spacial score (nSPS) is 11.4. The van der Waals surface area contributed by atoms with Gasteiger partial charge in [0, 0.05) is 28.3 Å². The third kappa shape index (κ3) is 5.44. The molecule has 4 nitrogen and oxygen atoms in total. The van der Waals surface area contributed by atoms with Gasteiger partial charge in [0.25, 0.3) is 0 Å². The zero-order valence-electron chi connectivity index (χ0n) is 12.6. The van der Waals surface area contributed by atoms with Crippen molar-refractivity contribution in [3.8, 4) is 5.88 Å². The van der Waals surface area contributed by atoms with E-state index in [0.717, 1.165) is 15.7 Å². The SMILES string of the molecule is CC(C)(C)NCc1cncc(OCc2ccccc2Br)n1. The summed E-state index contributed by atoms with van der Waals surface area (Å²) >= 11 is 3.50. The Hall–Kier alpha value is -1.46. The van der Waals surface area contributed by atoms with Crippen LogP contribution < -0.4 is 10.1 Å². The molecule has 0 spiro atoms. The molecule has 0 aliphatic rings. The van der Waals surface area contributed by atoms with Crippen LogP contribution >= 0.6 is 15.9 Å². The van der Waals surface area contributed by atoms with E-state index in [1.807, 2.05) is 24.3 Å². The maximum absolute atomic E-state index is 5.71. The minimum Gasteiger partial charge on any atom is -0.472 e. The standard InChI is InChI=1S/C16H20BrN3O/c1-16(2,3)19-9-13-8-18-10-15(20-13)21-11-12-6-4-5-7-14(12)17/h4-8,10,19H,9,11H2,1-3H3. The fourth-order valence-electron chi connectivity index (χ4n) is 1.66. The predicted octanol–water partition coefficient (Wildman–Crippen LogP) is 3.71. The Bertz CT molecular complexity index is 596. The Morgan fingerprint density at radius 3 is 2.67 bits per heavy atom. The minimum atomic E-state index is 0.0491. The molecule has 1 heterocycles. The van der Waals surface area contributed by atoms with Gasteiger partial charge in [-0.05, 0) is 26.8 Å². The number of rotatable bonds is 5. The highest BCUT2D eigenvalue weighted by molar-refractivity contribution is 9.10. The second kappa shape index (κ2) is 7.00. The van der Waals surface area contributed by atoms with Crippen molar-refractivity contribution in [2.45, 2.75) is 39.5 Å². The Balaban J connectivity index is 1.96. The third-order valence-corrected chi connectivity index (χ3v) is 3.57. The maximum Gasteiger partial charge on any atom is 0.232 e. The molecule has 2 aromatic rings. The van der Waals surface area contributed by atoms with Crippen molar-refractivity contribution in [3.63, 3.8) is 0 Å². The van der Waals surface area contributed by atoms with Crippen LogP contribution in [0.4, 0.5) is 0 Å². The summed E-state index contributed by atoms with van der Waals surface area (Å²) in [5.41, 5.74) is 2.00. The molecule has 2 rings (SSSR count). The van der Waals surface area contributed by atoms with Gasteiger partial charge >= 0.3 is 0 Å². The van der Waals surface area contributed by atoms with E-state index in [0.29, 0.717) is 19.0 Å². The largest absolute Gasteiger partial charge is 0.472 e. The van der Waals surface area contributed by atoms with Crippen LogP contribution in [0.15, 0.2) is 41.1 Å². The van der Waals surface area contributed by atoms with Crippen LogP contribution in [0, 0.1) is 0 Å². The first kappa shape index (κ1) is 15.9. The molecule has 0 aliphatic carbocycles. The van der Waals surface area contributed by atoms with Crippen LogP contribution in [-0.4, -0.2) is 15.5 Å². The number of hydrogen-bond donors (Lipinski definition) is 1. The Morgan fingerprint density at radius 2 is 1.95 bits per heavy atom. The van der Waals surface area contributed by atoms with Gasteiger partial charge in [-0.15, -0.1) is 0 Å². The average Bonchev–Trinajstić information content (AvgIpc) is 2.44. The quantitative estimate of drug-likeness (QED) is 0.893. The second-order valence-corrected chi connectivity index (χ2v) is 6.69. The summed E-state index contributed by atoms with van der Waals surface area (Å²) in [7, 11) is 0. The van der Waals surface area contributed by atoms with Crippen molar-refractivity contribution in [2.24, 2.45) is 0 Å². The summed E-state index contributed by atoms with van der Waals surface area (Å²) in [4.78, 5) is 8.64. The summed E-state index contributed by atoms with van der Waals surface area (Å²) in [5, 5.41) is 3.38. The van der Waals surface area contributed by atoms with Crippen molar-refractivity contribution in [1.82, 2.24) is 15.3 Å². The first-order valence-corrected chi connectivity index (χ1v) is 7.65. The molecule has 1 aromatic heterocycles. The predicted molar refractivity (Wildman–Crippen MR) is 87.1 cm³/mol. The van der Waals surface area contributed by atoms with Crippen LogP contribution in [0.5, 0.6) is 5.88 Å². The zero-order chi connectivity index (χ0) is 15.3. The van der Waals surface area contributed by atoms with Gasteiger partial charge in [0.05, 0.1) is 11.9 Å². The van der Waals surface area contributed by atoms with E-state index in [4.69, 9.17) is 4.74 Å². The topological polar surface area (TPSA) is 47.0 Å². The molecule has 21 heavy (non-hydrogen) atoms. The van der Waals surface area contributed by atoms with Gasteiger partial charge in [-0.3, -0.25) is 4.98 Å². The van der Waals surface area contributed by atoms with Crippen molar-refractivity contribution in [1.29, 1.82) is 0 Å². The van der Waals surface area contributed by atoms with Gasteiger partial charge in [-0.25, -0.2) is 4.98 Å². The summed E-state index contributed by atoms with van der Waals surface area (Å²) in [6, 6.07) is 7.97. The number of nitrogens with zero attached hydrogens (tertiary/aromatic N) is 2. The molecule has 1 aromatic carbocycles. The number of nitrogens with one attached hydrogen (secondary N) is 1. The van der Waals surface area contributed by atoms with Crippen molar-refractivity contribution in [3.05, 3.63) is 52.4 Å². The maximum atomic E-state index is 5.71. The van der Waals surface area contributed by atoms with Crippen LogP contribution in [-0.2, 0) is 13.2 Å². The fraction of sp³-hybridized carbons (Fsp3) is 0.375. The highest BCUT2D eigenvalue weighted by Crippen LogP contribution is 2.17. The van der Waals surface area contributed by atoms with E-state index in [9.17, 15) is 0 Å². The van der Waals surface area contributed by atoms with E-state index in [2.05, 4.69) is 52.0 Å². The summed E-state index contributed by atoms with van der Waals surface area (Å²) in [6.07, 6.45) is 3.39. The lowest BCUT2D eigenvalue weighted by Crippen LogP contribution is -2.35. The van der Waals surface area contributed by atoms with Crippen LogP contribution in [0.1, 0.15) is 32.0 Å². The third-order valence-electron chi connectivity index (χ3n) is 2.80. The molecule has 0 amide bonds. The lowest BCUT2D eigenvalue weighted by Gasteiger charge is -2.20. The number of aromatic nitrogens is 2. The van der Waals surface area contributed by atoms with Gasteiger partial charge in [-0.2, -0.15) is 0 Å². The summed E-state index contributed by atoms with van der Waals surface area (Å²) < 4.78 is 6.75. The van der Waals surface area contributed by atoms with Crippen LogP contribution in [0.3, 0.4) is 0 Å². The first-order valence-electron chi connectivity index (χ1n) is 6.86. The average molecular weight is 350 g/mol. The molecule has 5 heteroatoms. The molecular weight excluding hydrogens is 330 g/mol. The lowest BCUT2D eigenvalue weighted by molar-refractivity contribution is 0.290. The highest BCUT2D eigenvalue weighted by Gasteiger charge is 2.09. The Morgan fingerprint density at radius 1 is 1.19 bits per heavy atom. The number of benzene rings is 1. The summed E-state index contributed by atoms with van der Waals surface area (Å²) in [5.74, 6) is 0.541. The number of halogens is 1. The Labute approximate surface area is 134 Å². The van der Waals surface area contributed by atoms with Crippen LogP contribution in [0.2, 0.25) is 0 Å². The van der Waals surface area contributed by atoms with Crippen molar-refractivity contribution < 1.29 is 4.74 Å². The molecule has 0 bridgehead atoms. The van der Waals surface area contributed by atoms with Crippen LogP contribution in [0.25, 0.3) is 0 Å². The number of hydrogen-bond acceptors (Lipinski definition) is 4. The zero-order valence-corrected chi connectivity index (χ0v) is 14.1. The molecular formula is C16H20BrN3O. The monoisotopic (exact) mass is 349 g/mol. The first-order chi connectivity index (χ1) is 9.94. The van der Waals surface area contributed by atoms with Crippen molar-refractivity contribution >= 4 is 15.9 Å². The van der Waals surface area contributed by atoms with E-state index in [1.165, 1.54) is 0 Å². The van der Waals surface area contributed by atoms with E-state index in [-0.39, 0.29) is 5.54 Å².